The van der Waals surface area contributed by atoms with E-state index in [1.165, 1.54) is 7.11 Å². The number of halogens is 2. The summed E-state index contributed by atoms with van der Waals surface area (Å²) in [5.74, 6) is -0.282. The Hall–Kier alpha value is -3.24. The van der Waals surface area contributed by atoms with Gasteiger partial charge in [0.25, 0.3) is 0 Å². The largest absolute Gasteiger partial charge is 0.375 e. The van der Waals surface area contributed by atoms with Gasteiger partial charge in [0, 0.05) is 41.0 Å². The number of anilines is 2. The summed E-state index contributed by atoms with van der Waals surface area (Å²) in [6.07, 6.45) is 3.82. The molecule has 0 unspecified atom stereocenters. The highest BCUT2D eigenvalue weighted by Gasteiger charge is 2.42. The van der Waals surface area contributed by atoms with Crippen LogP contribution in [0.3, 0.4) is 0 Å². The maximum absolute atomic E-state index is 12.0. The number of thiocarbonyl (C=S) groups is 1. The van der Waals surface area contributed by atoms with Crippen molar-refractivity contribution in [3.05, 3.63) is 106 Å². The van der Waals surface area contributed by atoms with Crippen molar-refractivity contribution in [1.82, 2.24) is 14.9 Å². The van der Waals surface area contributed by atoms with Gasteiger partial charge in [-0.3, -0.25) is 9.78 Å². The summed E-state index contributed by atoms with van der Waals surface area (Å²) in [4.78, 5) is 18.7. The highest BCUT2D eigenvalue weighted by molar-refractivity contribution is 9.10. The fraction of sp³-hybridized carbons (Fsp3) is 0.148. The van der Waals surface area contributed by atoms with Crippen LogP contribution in [0.15, 0.2) is 89.7 Å². The van der Waals surface area contributed by atoms with E-state index in [-0.39, 0.29) is 24.6 Å². The second-order valence-electron chi connectivity index (χ2n) is 8.42. The SMILES string of the molecule is COCC(=O)Nc1ccc(N2C(=S)N[C@H](c3ccccn3)[C@@H]2c2cccn2-c2ccc(Br)cc2)cc1Cl. The molecule has 37 heavy (non-hydrogen) atoms. The normalized spacial score (nSPS) is 17.1. The van der Waals surface area contributed by atoms with Gasteiger partial charge in [-0.05, 0) is 78.9 Å². The van der Waals surface area contributed by atoms with Crippen LogP contribution in [0.1, 0.15) is 23.5 Å². The lowest BCUT2D eigenvalue weighted by molar-refractivity contribution is -0.119. The molecule has 2 atom stereocenters. The molecule has 2 aromatic heterocycles. The smallest absolute Gasteiger partial charge is 0.250 e. The first kappa shape index (κ1) is 25.4. The van der Waals surface area contributed by atoms with Gasteiger partial charge in [-0.1, -0.05) is 33.6 Å². The van der Waals surface area contributed by atoms with Crippen LogP contribution in [0.25, 0.3) is 5.69 Å². The van der Waals surface area contributed by atoms with E-state index in [4.69, 9.17) is 28.6 Å². The van der Waals surface area contributed by atoms with Gasteiger partial charge in [0.15, 0.2) is 5.11 Å². The molecule has 1 aliphatic rings. The maximum Gasteiger partial charge on any atom is 0.250 e. The Morgan fingerprint density at radius 3 is 2.62 bits per heavy atom. The summed E-state index contributed by atoms with van der Waals surface area (Å²) >= 11 is 16.0. The molecule has 1 fully saturated rings. The zero-order valence-corrected chi connectivity index (χ0v) is 22.9. The van der Waals surface area contributed by atoms with Gasteiger partial charge in [-0.2, -0.15) is 0 Å². The van der Waals surface area contributed by atoms with E-state index in [0.29, 0.717) is 15.8 Å². The topological polar surface area (TPSA) is 71.4 Å². The Morgan fingerprint density at radius 1 is 1.14 bits per heavy atom. The van der Waals surface area contributed by atoms with Gasteiger partial charge in [-0.25, -0.2) is 0 Å². The van der Waals surface area contributed by atoms with E-state index in [1.54, 1.807) is 18.3 Å². The molecule has 1 saturated heterocycles. The highest BCUT2D eigenvalue weighted by atomic mass is 79.9. The monoisotopic (exact) mass is 595 g/mol. The van der Waals surface area contributed by atoms with Crippen molar-refractivity contribution in [2.45, 2.75) is 12.1 Å². The van der Waals surface area contributed by atoms with Crippen LogP contribution in [0.2, 0.25) is 5.02 Å². The molecule has 0 spiro atoms. The van der Waals surface area contributed by atoms with Gasteiger partial charge in [0.2, 0.25) is 5.91 Å². The van der Waals surface area contributed by atoms with Gasteiger partial charge in [0.05, 0.1) is 22.4 Å². The number of amides is 1. The van der Waals surface area contributed by atoms with Crippen molar-refractivity contribution in [2.24, 2.45) is 0 Å². The molecule has 3 heterocycles. The third-order valence-corrected chi connectivity index (χ3v) is 7.22. The predicted octanol–water partition coefficient (Wildman–Crippen LogP) is 6.05. The summed E-state index contributed by atoms with van der Waals surface area (Å²) in [6.45, 7) is -0.0565. The third-order valence-electron chi connectivity index (χ3n) is 6.07. The number of hydrogen-bond donors (Lipinski definition) is 2. The van der Waals surface area contributed by atoms with E-state index in [0.717, 1.165) is 27.2 Å². The Balaban J connectivity index is 1.58. The third kappa shape index (κ3) is 5.26. The molecule has 7 nitrogen and oxygen atoms in total. The van der Waals surface area contributed by atoms with E-state index in [9.17, 15) is 4.79 Å². The summed E-state index contributed by atoms with van der Waals surface area (Å²) < 4.78 is 8.06. The van der Waals surface area contributed by atoms with Crippen molar-refractivity contribution < 1.29 is 9.53 Å². The number of methoxy groups -OCH3 is 1. The lowest BCUT2D eigenvalue weighted by Crippen LogP contribution is -2.30. The number of carbonyl (C=O) groups is 1. The molecule has 1 amide bonds. The number of ether oxygens (including phenoxy) is 1. The van der Waals surface area contributed by atoms with Gasteiger partial charge < -0.3 is 24.8 Å². The van der Waals surface area contributed by atoms with Crippen LogP contribution in [0, 0.1) is 0 Å². The molecule has 2 aromatic carbocycles. The number of carbonyl (C=O) groups excluding carboxylic acids is 1. The molecule has 4 aromatic rings. The fourth-order valence-electron chi connectivity index (χ4n) is 4.48. The van der Waals surface area contributed by atoms with Crippen LogP contribution >= 0.6 is 39.7 Å². The lowest BCUT2D eigenvalue weighted by Gasteiger charge is -2.29. The van der Waals surface area contributed by atoms with Crippen molar-refractivity contribution in [3.8, 4) is 5.69 Å². The Bertz CT molecular complexity index is 1430. The van der Waals surface area contributed by atoms with E-state index in [1.807, 2.05) is 53.6 Å². The number of nitrogens with zero attached hydrogens (tertiary/aromatic N) is 3. The van der Waals surface area contributed by atoms with E-state index >= 15 is 0 Å². The average Bonchev–Trinajstić information content (AvgIpc) is 3.51. The maximum atomic E-state index is 12.0. The van der Waals surface area contributed by atoms with Crippen LogP contribution < -0.4 is 15.5 Å². The number of benzene rings is 2. The van der Waals surface area contributed by atoms with Gasteiger partial charge in [0.1, 0.15) is 12.6 Å². The summed E-state index contributed by atoms with van der Waals surface area (Å²) in [6, 6.07) is 23.1. The first-order valence-corrected chi connectivity index (χ1v) is 13.1. The van der Waals surface area contributed by atoms with Crippen LogP contribution in [0.4, 0.5) is 11.4 Å². The van der Waals surface area contributed by atoms with E-state index in [2.05, 4.69) is 54.3 Å². The van der Waals surface area contributed by atoms with E-state index < -0.39 is 0 Å². The van der Waals surface area contributed by atoms with Gasteiger partial charge in [-0.15, -0.1) is 0 Å². The Labute approximate surface area is 233 Å². The summed E-state index contributed by atoms with van der Waals surface area (Å²) in [5, 5.41) is 7.19. The first-order chi connectivity index (χ1) is 18.0. The summed E-state index contributed by atoms with van der Waals surface area (Å²) in [7, 11) is 1.47. The summed E-state index contributed by atoms with van der Waals surface area (Å²) in [5.41, 5.74) is 4.21. The minimum absolute atomic E-state index is 0.0565. The minimum Gasteiger partial charge on any atom is -0.375 e. The van der Waals surface area contributed by atoms with Gasteiger partial charge >= 0.3 is 0 Å². The molecule has 5 rings (SSSR count). The number of nitrogens with one attached hydrogen (secondary N) is 2. The van der Waals surface area contributed by atoms with Crippen molar-refractivity contribution in [1.29, 1.82) is 0 Å². The Morgan fingerprint density at radius 2 is 1.92 bits per heavy atom. The zero-order valence-electron chi connectivity index (χ0n) is 19.8. The molecule has 188 valence electrons. The molecular formula is C27H23BrClN5O2S. The highest BCUT2D eigenvalue weighted by Crippen LogP contribution is 2.43. The zero-order chi connectivity index (χ0) is 25.9. The lowest BCUT2D eigenvalue weighted by atomic mass is 10.0. The second-order valence-corrected chi connectivity index (χ2v) is 10.1. The predicted molar refractivity (Wildman–Crippen MR) is 153 cm³/mol. The average molecular weight is 597 g/mol. The van der Waals surface area contributed by atoms with Crippen LogP contribution in [-0.2, 0) is 9.53 Å². The number of aromatic nitrogens is 2. The molecule has 0 radical (unpaired) electrons. The van der Waals surface area contributed by atoms with Crippen LogP contribution in [-0.4, -0.2) is 34.3 Å². The molecule has 1 aliphatic heterocycles. The quantitative estimate of drug-likeness (QED) is 0.253. The molecular weight excluding hydrogens is 574 g/mol. The second kappa shape index (κ2) is 11.0. The first-order valence-electron chi connectivity index (χ1n) is 11.5. The molecule has 0 saturated carbocycles. The number of pyridine rings is 1. The molecule has 0 bridgehead atoms. The van der Waals surface area contributed by atoms with Crippen molar-refractivity contribution >= 4 is 62.1 Å². The molecule has 0 aliphatic carbocycles. The molecule has 10 heteroatoms. The Kier molecular flexibility index (Phi) is 7.57. The fourth-order valence-corrected chi connectivity index (χ4v) is 5.31. The standard InChI is InChI=1S/C27H23BrClN5O2S/c1-36-16-24(35)31-21-12-11-19(15-20(21)29)34-26(25(32-27(34)37)22-5-2-3-13-30-22)23-6-4-14-33(23)18-9-7-17(28)8-10-18/h2-15,25-26H,16H2,1H3,(H,31,35)(H,32,37)/t25-,26+/m1/s1. The number of hydrogen-bond acceptors (Lipinski definition) is 4. The number of rotatable bonds is 7. The minimum atomic E-state index is -0.282. The van der Waals surface area contributed by atoms with Crippen molar-refractivity contribution in [3.63, 3.8) is 0 Å². The van der Waals surface area contributed by atoms with Crippen molar-refractivity contribution in [2.75, 3.05) is 23.9 Å². The van der Waals surface area contributed by atoms with Crippen LogP contribution in [0.5, 0.6) is 0 Å². The molecule has 2 N–H and O–H groups in total.